The number of aromatic nitrogens is 1. The number of hydrogen-bond acceptors (Lipinski definition) is 3. The molecule has 1 aromatic rings. The first kappa shape index (κ1) is 12.0. The molecule has 1 atom stereocenters. The lowest BCUT2D eigenvalue weighted by Crippen LogP contribution is -2.30. The summed E-state index contributed by atoms with van der Waals surface area (Å²) >= 11 is 0. The maximum atomic E-state index is 11.8. The molecule has 1 fully saturated rings. The third-order valence-electron chi connectivity index (χ3n) is 3.10. The van der Waals surface area contributed by atoms with Gasteiger partial charge in [0.2, 0.25) is 0 Å². The Hall–Kier alpha value is -1.42. The van der Waals surface area contributed by atoms with E-state index in [0.29, 0.717) is 11.6 Å². The predicted molar refractivity (Wildman–Crippen MR) is 66.9 cm³/mol. The van der Waals surface area contributed by atoms with Gasteiger partial charge in [0.15, 0.2) is 0 Å². The lowest BCUT2D eigenvalue weighted by molar-refractivity contribution is 0.0952. The van der Waals surface area contributed by atoms with Crippen molar-refractivity contribution in [1.82, 2.24) is 15.6 Å². The maximum absolute atomic E-state index is 11.8. The second-order valence-electron chi connectivity index (χ2n) is 4.52. The Morgan fingerprint density at radius 1 is 1.65 bits per heavy atom. The van der Waals surface area contributed by atoms with Crippen molar-refractivity contribution in [3.8, 4) is 0 Å². The van der Waals surface area contributed by atoms with Crippen LogP contribution in [0, 0.1) is 6.92 Å². The molecule has 0 bridgehead atoms. The molecule has 0 saturated carbocycles. The number of nitrogens with zero attached hydrogens (tertiary/aromatic N) is 1. The molecule has 1 aliphatic heterocycles. The molecule has 0 radical (unpaired) electrons. The topological polar surface area (TPSA) is 54.0 Å². The van der Waals surface area contributed by atoms with Crippen LogP contribution in [0.2, 0.25) is 0 Å². The smallest absolute Gasteiger partial charge is 0.251 e. The summed E-state index contributed by atoms with van der Waals surface area (Å²) in [6, 6.07) is 4.13. The molecule has 92 valence electrons. The van der Waals surface area contributed by atoms with Crippen LogP contribution in [0.3, 0.4) is 0 Å². The van der Waals surface area contributed by atoms with Crippen LogP contribution in [0.1, 0.15) is 35.3 Å². The minimum absolute atomic E-state index is 0.00602. The number of carbonyl (C=O) groups is 1. The van der Waals surface area contributed by atoms with Gasteiger partial charge >= 0.3 is 0 Å². The summed E-state index contributed by atoms with van der Waals surface area (Å²) in [5, 5.41) is 6.36. The molecule has 1 aliphatic rings. The Morgan fingerprint density at radius 3 is 3.24 bits per heavy atom. The lowest BCUT2D eigenvalue weighted by Gasteiger charge is -2.10. The Bertz CT molecular complexity index is 386. The van der Waals surface area contributed by atoms with Gasteiger partial charge in [-0.2, -0.15) is 0 Å². The Balaban J connectivity index is 1.77. The first-order valence-corrected chi connectivity index (χ1v) is 6.20. The molecule has 1 saturated heterocycles. The zero-order valence-electron chi connectivity index (χ0n) is 10.2. The second-order valence-corrected chi connectivity index (χ2v) is 4.52. The van der Waals surface area contributed by atoms with E-state index in [2.05, 4.69) is 15.6 Å². The maximum Gasteiger partial charge on any atom is 0.251 e. The third-order valence-corrected chi connectivity index (χ3v) is 3.10. The number of pyridine rings is 1. The standard InChI is InChI=1S/C13H19N3O/c1-10-9-11(4-7-14-10)13(17)16-8-5-12-3-2-6-15-12/h4,7,9,12,15H,2-3,5-6,8H2,1H3,(H,16,17)/t12-/m0/s1. The summed E-state index contributed by atoms with van der Waals surface area (Å²) < 4.78 is 0. The molecule has 0 aliphatic carbocycles. The van der Waals surface area contributed by atoms with E-state index in [1.165, 1.54) is 12.8 Å². The fraction of sp³-hybridized carbons (Fsp3) is 0.538. The van der Waals surface area contributed by atoms with Gasteiger partial charge in [0.25, 0.3) is 5.91 Å². The van der Waals surface area contributed by atoms with Gasteiger partial charge in [0, 0.05) is 30.0 Å². The van der Waals surface area contributed by atoms with Crippen molar-refractivity contribution in [2.75, 3.05) is 13.1 Å². The molecule has 0 spiro atoms. The first-order valence-electron chi connectivity index (χ1n) is 6.20. The summed E-state index contributed by atoms with van der Waals surface area (Å²) in [7, 11) is 0. The number of rotatable bonds is 4. The van der Waals surface area contributed by atoms with Crippen molar-refractivity contribution >= 4 is 5.91 Å². The van der Waals surface area contributed by atoms with Crippen molar-refractivity contribution in [3.63, 3.8) is 0 Å². The molecule has 2 rings (SSSR count). The van der Waals surface area contributed by atoms with Crippen molar-refractivity contribution in [3.05, 3.63) is 29.6 Å². The van der Waals surface area contributed by atoms with Gasteiger partial charge in [-0.3, -0.25) is 9.78 Å². The van der Waals surface area contributed by atoms with Gasteiger partial charge in [-0.15, -0.1) is 0 Å². The average molecular weight is 233 g/mol. The van der Waals surface area contributed by atoms with Gasteiger partial charge < -0.3 is 10.6 Å². The van der Waals surface area contributed by atoms with E-state index in [1.54, 1.807) is 12.3 Å². The highest BCUT2D eigenvalue weighted by Gasteiger charge is 2.13. The summed E-state index contributed by atoms with van der Waals surface area (Å²) in [5.41, 5.74) is 1.56. The largest absolute Gasteiger partial charge is 0.352 e. The van der Waals surface area contributed by atoms with Crippen molar-refractivity contribution in [2.24, 2.45) is 0 Å². The molecule has 17 heavy (non-hydrogen) atoms. The van der Waals surface area contributed by atoms with Gasteiger partial charge in [-0.05, 0) is 44.9 Å². The van der Waals surface area contributed by atoms with E-state index in [-0.39, 0.29) is 5.91 Å². The molecular weight excluding hydrogens is 214 g/mol. The zero-order chi connectivity index (χ0) is 12.1. The second kappa shape index (κ2) is 5.77. The quantitative estimate of drug-likeness (QED) is 0.823. The normalized spacial score (nSPS) is 19.2. The highest BCUT2D eigenvalue weighted by atomic mass is 16.1. The average Bonchev–Trinajstić information content (AvgIpc) is 2.82. The zero-order valence-corrected chi connectivity index (χ0v) is 10.2. The molecule has 1 aromatic heterocycles. The summed E-state index contributed by atoms with van der Waals surface area (Å²) in [4.78, 5) is 15.9. The Kier molecular flexibility index (Phi) is 4.09. The van der Waals surface area contributed by atoms with Crippen LogP contribution in [0.5, 0.6) is 0 Å². The van der Waals surface area contributed by atoms with E-state index >= 15 is 0 Å². The van der Waals surface area contributed by atoms with Gasteiger partial charge in [-0.1, -0.05) is 0 Å². The predicted octanol–water partition coefficient (Wildman–Crippen LogP) is 1.26. The van der Waals surface area contributed by atoms with E-state index < -0.39 is 0 Å². The van der Waals surface area contributed by atoms with Crippen LogP contribution in [0.25, 0.3) is 0 Å². The molecule has 0 aromatic carbocycles. The van der Waals surface area contributed by atoms with Crippen molar-refractivity contribution < 1.29 is 4.79 Å². The minimum atomic E-state index is -0.00602. The van der Waals surface area contributed by atoms with E-state index in [0.717, 1.165) is 25.2 Å². The molecule has 2 N–H and O–H groups in total. The fourth-order valence-electron chi connectivity index (χ4n) is 2.15. The number of carbonyl (C=O) groups excluding carboxylic acids is 1. The van der Waals surface area contributed by atoms with Gasteiger partial charge in [0.05, 0.1) is 0 Å². The SMILES string of the molecule is Cc1cc(C(=O)NCC[C@@H]2CCCN2)ccn1. The molecular formula is C13H19N3O. The summed E-state index contributed by atoms with van der Waals surface area (Å²) in [5.74, 6) is -0.00602. The first-order chi connectivity index (χ1) is 8.25. The molecule has 4 nitrogen and oxygen atoms in total. The molecule has 1 amide bonds. The van der Waals surface area contributed by atoms with Crippen LogP contribution in [0.4, 0.5) is 0 Å². The van der Waals surface area contributed by atoms with Crippen LogP contribution < -0.4 is 10.6 Å². The summed E-state index contributed by atoms with van der Waals surface area (Å²) in [6.45, 7) is 3.74. The highest BCUT2D eigenvalue weighted by molar-refractivity contribution is 5.94. The number of aryl methyl sites for hydroxylation is 1. The highest BCUT2D eigenvalue weighted by Crippen LogP contribution is 2.07. The molecule has 0 unspecified atom stereocenters. The Morgan fingerprint density at radius 2 is 2.53 bits per heavy atom. The van der Waals surface area contributed by atoms with Crippen molar-refractivity contribution in [1.29, 1.82) is 0 Å². The van der Waals surface area contributed by atoms with Crippen LogP contribution in [-0.4, -0.2) is 30.0 Å². The Labute approximate surface area is 102 Å². The monoisotopic (exact) mass is 233 g/mol. The summed E-state index contributed by atoms with van der Waals surface area (Å²) in [6.07, 6.45) is 5.16. The third kappa shape index (κ3) is 3.53. The number of amides is 1. The van der Waals surface area contributed by atoms with Gasteiger partial charge in [0.1, 0.15) is 0 Å². The van der Waals surface area contributed by atoms with Crippen molar-refractivity contribution in [2.45, 2.75) is 32.2 Å². The minimum Gasteiger partial charge on any atom is -0.352 e. The van der Waals surface area contributed by atoms with E-state index in [4.69, 9.17) is 0 Å². The number of hydrogen-bond donors (Lipinski definition) is 2. The molecule has 2 heterocycles. The van der Waals surface area contributed by atoms with Gasteiger partial charge in [-0.25, -0.2) is 0 Å². The van der Waals surface area contributed by atoms with Crippen LogP contribution in [-0.2, 0) is 0 Å². The van der Waals surface area contributed by atoms with E-state index in [1.807, 2.05) is 13.0 Å². The lowest BCUT2D eigenvalue weighted by atomic mass is 10.1. The van der Waals surface area contributed by atoms with Crippen LogP contribution >= 0.6 is 0 Å². The van der Waals surface area contributed by atoms with E-state index in [9.17, 15) is 4.79 Å². The van der Waals surface area contributed by atoms with Crippen LogP contribution in [0.15, 0.2) is 18.3 Å². The number of nitrogens with one attached hydrogen (secondary N) is 2. The fourth-order valence-corrected chi connectivity index (χ4v) is 2.15. The molecule has 4 heteroatoms.